The van der Waals surface area contributed by atoms with Crippen LogP contribution in [0.25, 0.3) is 6.08 Å². The zero-order chi connectivity index (χ0) is 22.4. The molecule has 0 atom stereocenters. The highest BCUT2D eigenvalue weighted by Crippen LogP contribution is 2.28. The molecule has 0 heterocycles. The van der Waals surface area contributed by atoms with Crippen molar-refractivity contribution in [2.75, 3.05) is 5.32 Å². The molecule has 0 saturated heterocycles. The highest BCUT2D eigenvalue weighted by atomic mass is 79.9. The second-order valence-corrected chi connectivity index (χ2v) is 8.26. The van der Waals surface area contributed by atoms with E-state index in [4.69, 9.17) is 4.74 Å². The predicted octanol–water partition coefficient (Wildman–Crippen LogP) is 6.50. The van der Waals surface area contributed by atoms with Gasteiger partial charge in [-0.15, -0.1) is 0 Å². The van der Waals surface area contributed by atoms with E-state index in [1.54, 1.807) is 6.08 Å². The van der Waals surface area contributed by atoms with Gasteiger partial charge in [-0.05, 0) is 83.2 Å². The quantitative estimate of drug-likeness (QED) is 0.327. The number of nitrogens with zero attached hydrogens (tertiary/aromatic N) is 1. The Balaban J connectivity index is 1.73. The zero-order valence-electron chi connectivity index (χ0n) is 17.7. The molecule has 4 nitrogen and oxygen atoms in total. The van der Waals surface area contributed by atoms with Crippen LogP contribution < -0.4 is 10.1 Å². The number of nitrogens with one attached hydrogen (secondary N) is 1. The van der Waals surface area contributed by atoms with Crippen molar-refractivity contribution < 1.29 is 9.53 Å². The topological polar surface area (TPSA) is 62.1 Å². The first-order valence-electron chi connectivity index (χ1n) is 9.84. The standard InChI is InChI=1S/C26H23BrN2O2/c1-17-5-4-6-21(11-17)16-31-25-10-9-20(14-23(25)27)13-22(15-28)26(30)29-24-12-18(2)7-8-19(24)3/h4-14H,16H2,1-3H3,(H,29,30)/b22-13+. The number of halogens is 1. The van der Waals surface area contributed by atoms with E-state index >= 15 is 0 Å². The molecular weight excluding hydrogens is 452 g/mol. The Kier molecular flexibility index (Phi) is 7.28. The van der Waals surface area contributed by atoms with Crippen molar-refractivity contribution in [1.82, 2.24) is 0 Å². The second kappa shape index (κ2) is 10.1. The van der Waals surface area contributed by atoms with Gasteiger partial charge in [0.1, 0.15) is 24.0 Å². The van der Waals surface area contributed by atoms with Crippen molar-refractivity contribution in [3.8, 4) is 11.8 Å². The van der Waals surface area contributed by atoms with Gasteiger partial charge in [0.05, 0.1) is 4.47 Å². The van der Waals surface area contributed by atoms with Crippen LogP contribution in [0, 0.1) is 32.1 Å². The lowest BCUT2D eigenvalue weighted by Crippen LogP contribution is -2.14. The molecule has 156 valence electrons. The van der Waals surface area contributed by atoms with Gasteiger partial charge in [0.25, 0.3) is 5.91 Å². The number of carbonyl (C=O) groups is 1. The molecule has 1 amide bonds. The predicted molar refractivity (Wildman–Crippen MR) is 128 cm³/mol. The molecule has 3 aromatic rings. The minimum atomic E-state index is -0.438. The first kappa shape index (κ1) is 22.3. The van der Waals surface area contributed by atoms with Crippen LogP contribution in [0.5, 0.6) is 5.75 Å². The summed E-state index contributed by atoms with van der Waals surface area (Å²) in [5, 5.41) is 12.3. The van der Waals surface area contributed by atoms with Gasteiger partial charge in [0.15, 0.2) is 0 Å². The minimum absolute atomic E-state index is 0.0289. The molecule has 3 aromatic carbocycles. The summed E-state index contributed by atoms with van der Waals surface area (Å²) in [7, 11) is 0. The third kappa shape index (κ3) is 6.07. The summed E-state index contributed by atoms with van der Waals surface area (Å²) in [5.41, 5.74) is 5.70. The zero-order valence-corrected chi connectivity index (χ0v) is 19.3. The maximum absolute atomic E-state index is 12.6. The molecule has 0 spiro atoms. The molecule has 0 bridgehead atoms. The van der Waals surface area contributed by atoms with E-state index in [1.807, 2.05) is 81.4 Å². The maximum Gasteiger partial charge on any atom is 0.266 e. The highest BCUT2D eigenvalue weighted by molar-refractivity contribution is 9.10. The monoisotopic (exact) mass is 474 g/mol. The van der Waals surface area contributed by atoms with Gasteiger partial charge in [-0.2, -0.15) is 5.26 Å². The van der Waals surface area contributed by atoms with Crippen LogP contribution >= 0.6 is 15.9 Å². The summed E-state index contributed by atoms with van der Waals surface area (Å²) in [6.07, 6.45) is 1.57. The lowest BCUT2D eigenvalue weighted by molar-refractivity contribution is -0.112. The Bertz CT molecular complexity index is 1190. The number of hydrogen-bond acceptors (Lipinski definition) is 3. The van der Waals surface area contributed by atoms with Crippen molar-refractivity contribution in [2.45, 2.75) is 27.4 Å². The first-order valence-corrected chi connectivity index (χ1v) is 10.6. The molecule has 0 aliphatic heterocycles. The summed E-state index contributed by atoms with van der Waals surface area (Å²) in [5.74, 6) is 0.254. The van der Waals surface area contributed by atoms with Crippen LogP contribution in [-0.4, -0.2) is 5.91 Å². The van der Waals surface area contributed by atoms with Crippen LogP contribution in [0.3, 0.4) is 0 Å². The van der Waals surface area contributed by atoms with E-state index in [1.165, 1.54) is 5.56 Å². The normalized spacial score (nSPS) is 11.0. The SMILES string of the molecule is Cc1cccc(COc2ccc(/C=C(\C#N)C(=O)Nc3cc(C)ccc3C)cc2Br)c1. The van der Waals surface area contributed by atoms with Crippen molar-refractivity contribution in [3.63, 3.8) is 0 Å². The number of amides is 1. The third-order valence-electron chi connectivity index (χ3n) is 4.75. The molecule has 0 aliphatic rings. The average Bonchev–Trinajstić information content (AvgIpc) is 2.74. The fourth-order valence-electron chi connectivity index (χ4n) is 3.06. The Morgan fingerprint density at radius 2 is 1.84 bits per heavy atom. The number of benzene rings is 3. The van der Waals surface area contributed by atoms with E-state index in [0.29, 0.717) is 18.0 Å². The van der Waals surface area contributed by atoms with Gasteiger partial charge in [0.2, 0.25) is 0 Å². The summed E-state index contributed by atoms with van der Waals surface area (Å²) in [6, 6.07) is 21.4. The molecule has 1 N–H and O–H groups in total. The van der Waals surface area contributed by atoms with Crippen LogP contribution in [0.15, 0.2) is 70.7 Å². The van der Waals surface area contributed by atoms with Gasteiger partial charge in [0, 0.05) is 5.69 Å². The van der Waals surface area contributed by atoms with Crippen LogP contribution in [0.2, 0.25) is 0 Å². The molecule has 5 heteroatoms. The van der Waals surface area contributed by atoms with E-state index in [9.17, 15) is 10.1 Å². The number of ether oxygens (including phenoxy) is 1. The second-order valence-electron chi connectivity index (χ2n) is 7.41. The largest absolute Gasteiger partial charge is 0.488 e. The van der Waals surface area contributed by atoms with Crippen LogP contribution in [-0.2, 0) is 11.4 Å². The van der Waals surface area contributed by atoms with E-state index in [0.717, 1.165) is 26.7 Å². The third-order valence-corrected chi connectivity index (χ3v) is 5.37. The number of hydrogen-bond donors (Lipinski definition) is 1. The number of nitriles is 1. The Labute approximate surface area is 191 Å². The van der Waals surface area contributed by atoms with Gasteiger partial charge >= 0.3 is 0 Å². The number of rotatable bonds is 6. The highest BCUT2D eigenvalue weighted by Gasteiger charge is 2.12. The number of carbonyl (C=O) groups excluding carboxylic acids is 1. The van der Waals surface area contributed by atoms with Crippen molar-refractivity contribution in [1.29, 1.82) is 5.26 Å². The molecule has 0 radical (unpaired) electrons. The molecule has 31 heavy (non-hydrogen) atoms. The van der Waals surface area contributed by atoms with Gasteiger partial charge in [-0.3, -0.25) is 4.79 Å². The Morgan fingerprint density at radius 3 is 2.55 bits per heavy atom. The first-order chi connectivity index (χ1) is 14.9. The molecule has 0 saturated carbocycles. The van der Waals surface area contributed by atoms with Crippen LogP contribution in [0.4, 0.5) is 5.69 Å². The maximum atomic E-state index is 12.6. The number of anilines is 1. The average molecular weight is 475 g/mol. The molecule has 0 fully saturated rings. The Hall–Kier alpha value is -3.36. The van der Waals surface area contributed by atoms with Gasteiger partial charge in [-0.25, -0.2) is 0 Å². The fraction of sp³-hybridized carbons (Fsp3) is 0.154. The lowest BCUT2D eigenvalue weighted by Gasteiger charge is -2.10. The summed E-state index contributed by atoms with van der Waals surface area (Å²) in [6.45, 7) is 6.37. The van der Waals surface area contributed by atoms with E-state index < -0.39 is 5.91 Å². The lowest BCUT2D eigenvalue weighted by atomic mass is 10.1. The fourth-order valence-corrected chi connectivity index (χ4v) is 3.57. The van der Waals surface area contributed by atoms with Crippen molar-refractivity contribution >= 4 is 33.6 Å². The molecule has 0 aromatic heterocycles. The van der Waals surface area contributed by atoms with Gasteiger partial charge in [-0.1, -0.05) is 48.0 Å². The number of aryl methyl sites for hydroxylation is 3. The minimum Gasteiger partial charge on any atom is -0.488 e. The molecule has 0 unspecified atom stereocenters. The molecule has 0 aliphatic carbocycles. The smallest absolute Gasteiger partial charge is 0.266 e. The van der Waals surface area contributed by atoms with Gasteiger partial charge < -0.3 is 10.1 Å². The summed E-state index contributed by atoms with van der Waals surface area (Å²) >= 11 is 3.52. The Morgan fingerprint density at radius 1 is 1.06 bits per heavy atom. The van der Waals surface area contributed by atoms with E-state index in [2.05, 4.69) is 27.3 Å². The summed E-state index contributed by atoms with van der Waals surface area (Å²) < 4.78 is 6.65. The van der Waals surface area contributed by atoms with E-state index in [-0.39, 0.29) is 5.57 Å². The molecular formula is C26H23BrN2O2. The van der Waals surface area contributed by atoms with Crippen LogP contribution in [0.1, 0.15) is 27.8 Å². The molecule has 3 rings (SSSR count). The summed E-state index contributed by atoms with van der Waals surface area (Å²) in [4.78, 5) is 12.6. The van der Waals surface area contributed by atoms with Crippen molar-refractivity contribution in [2.24, 2.45) is 0 Å². The van der Waals surface area contributed by atoms with Crippen molar-refractivity contribution in [3.05, 3.63) is 98.5 Å².